The zero-order valence-electron chi connectivity index (χ0n) is 9.43. The summed E-state index contributed by atoms with van der Waals surface area (Å²) in [7, 11) is 0. The third-order valence-electron chi connectivity index (χ3n) is 2.34. The number of halogens is 3. The fourth-order valence-corrected chi connectivity index (χ4v) is 1.44. The van der Waals surface area contributed by atoms with Crippen molar-refractivity contribution in [1.29, 1.82) is 5.26 Å². The molecule has 0 saturated heterocycles. The third kappa shape index (κ3) is 3.99. The first-order chi connectivity index (χ1) is 7.95. The number of alkyl halides is 3. The van der Waals surface area contributed by atoms with E-state index in [9.17, 15) is 13.2 Å². The topological polar surface area (TPSA) is 35.8 Å². The van der Waals surface area contributed by atoms with Crippen LogP contribution in [-0.4, -0.2) is 6.54 Å². The molecule has 17 heavy (non-hydrogen) atoms. The molecule has 1 aromatic rings. The van der Waals surface area contributed by atoms with Gasteiger partial charge in [0.25, 0.3) is 0 Å². The Labute approximate surface area is 98.1 Å². The Bertz CT molecular complexity index is 419. The molecule has 0 atom stereocenters. The maximum atomic E-state index is 12.6. The molecule has 5 heteroatoms. The van der Waals surface area contributed by atoms with Gasteiger partial charge >= 0.3 is 6.18 Å². The summed E-state index contributed by atoms with van der Waals surface area (Å²) in [5.41, 5.74) is 0.0173. The van der Waals surface area contributed by atoms with E-state index in [2.05, 4.69) is 5.32 Å². The summed E-state index contributed by atoms with van der Waals surface area (Å²) in [6.45, 7) is 1.93. The predicted octanol–water partition coefficient (Wildman–Crippen LogP) is 3.73. The van der Waals surface area contributed by atoms with E-state index in [1.807, 2.05) is 6.07 Å². The average Bonchev–Trinajstić information content (AvgIpc) is 2.25. The molecule has 1 aromatic carbocycles. The summed E-state index contributed by atoms with van der Waals surface area (Å²) in [6.07, 6.45) is -3.31. The molecule has 0 aliphatic heterocycles. The average molecular weight is 242 g/mol. The summed E-state index contributed by atoms with van der Waals surface area (Å²) >= 11 is 0. The number of hydrogen-bond donors (Lipinski definition) is 1. The maximum absolute atomic E-state index is 12.6. The Hall–Kier alpha value is -1.70. The minimum absolute atomic E-state index is 0.208. The van der Waals surface area contributed by atoms with Crippen LogP contribution in [-0.2, 0) is 6.18 Å². The van der Waals surface area contributed by atoms with Crippen molar-refractivity contribution in [2.75, 3.05) is 11.9 Å². The summed E-state index contributed by atoms with van der Waals surface area (Å²) in [6, 6.07) is 6.13. The van der Waals surface area contributed by atoms with Crippen molar-refractivity contribution in [3.8, 4) is 6.07 Å². The predicted molar refractivity (Wildman–Crippen MR) is 59.5 cm³/mol. The van der Waals surface area contributed by atoms with Gasteiger partial charge in [-0.3, -0.25) is 0 Å². The number of hydrogen-bond acceptors (Lipinski definition) is 2. The van der Waals surface area contributed by atoms with Gasteiger partial charge in [-0.2, -0.15) is 18.4 Å². The van der Waals surface area contributed by atoms with Crippen molar-refractivity contribution in [1.82, 2.24) is 0 Å². The van der Waals surface area contributed by atoms with Crippen LogP contribution in [0.4, 0.5) is 18.9 Å². The lowest BCUT2D eigenvalue weighted by Crippen LogP contribution is -2.09. The third-order valence-corrected chi connectivity index (χ3v) is 2.34. The number of nitriles is 1. The van der Waals surface area contributed by atoms with E-state index < -0.39 is 11.7 Å². The molecule has 0 aliphatic rings. The maximum Gasteiger partial charge on any atom is 0.416 e. The number of unbranched alkanes of at least 4 members (excludes halogenated alkanes) is 1. The van der Waals surface area contributed by atoms with E-state index in [1.54, 1.807) is 6.07 Å². The number of nitrogens with zero attached hydrogens (tertiary/aromatic N) is 1. The molecule has 0 saturated carbocycles. The lowest BCUT2D eigenvalue weighted by molar-refractivity contribution is -0.138. The number of anilines is 1. The SMILES string of the molecule is Cc1ccc(NCCCC#N)cc1C(F)(F)F. The van der Waals surface area contributed by atoms with Gasteiger partial charge in [-0.25, -0.2) is 0 Å². The van der Waals surface area contributed by atoms with Crippen LogP contribution in [0.3, 0.4) is 0 Å². The van der Waals surface area contributed by atoms with Crippen molar-refractivity contribution < 1.29 is 13.2 Å². The largest absolute Gasteiger partial charge is 0.416 e. The van der Waals surface area contributed by atoms with Gasteiger partial charge in [0.15, 0.2) is 0 Å². The lowest BCUT2D eigenvalue weighted by atomic mass is 10.1. The van der Waals surface area contributed by atoms with E-state index in [1.165, 1.54) is 13.0 Å². The molecule has 0 unspecified atom stereocenters. The lowest BCUT2D eigenvalue weighted by Gasteiger charge is -2.13. The minimum Gasteiger partial charge on any atom is -0.385 e. The van der Waals surface area contributed by atoms with Gasteiger partial charge in [0.1, 0.15) is 0 Å². The molecular weight excluding hydrogens is 229 g/mol. The van der Waals surface area contributed by atoms with Crippen LogP contribution in [0.2, 0.25) is 0 Å². The number of benzene rings is 1. The summed E-state index contributed by atoms with van der Waals surface area (Å²) in [5, 5.41) is 11.2. The summed E-state index contributed by atoms with van der Waals surface area (Å²) < 4.78 is 37.8. The van der Waals surface area contributed by atoms with E-state index in [0.717, 1.165) is 6.07 Å². The Morgan fingerprint density at radius 3 is 2.65 bits per heavy atom. The normalized spacial score (nSPS) is 11.0. The Kier molecular flexibility index (Phi) is 4.38. The van der Waals surface area contributed by atoms with Crippen molar-refractivity contribution in [2.24, 2.45) is 0 Å². The van der Waals surface area contributed by atoms with Crippen LogP contribution in [0, 0.1) is 18.3 Å². The number of nitrogens with one attached hydrogen (secondary N) is 1. The fourth-order valence-electron chi connectivity index (χ4n) is 1.44. The van der Waals surface area contributed by atoms with E-state index >= 15 is 0 Å². The van der Waals surface area contributed by atoms with Crippen LogP contribution in [0.15, 0.2) is 18.2 Å². The van der Waals surface area contributed by atoms with Crippen LogP contribution in [0.5, 0.6) is 0 Å². The zero-order chi connectivity index (χ0) is 12.9. The highest BCUT2D eigenvalue weighted by Crippen LogP contribution is 2.33. The smallest absolute Gasteiger partial charge is 0.385 e. The van der Waals surface area contributed by atoms with Gasteiger partial charge in [0, 0.05) is 18.7 Å². The van der Waals surface area contributed by atoms with Crippen LogP contribution in [0.25, 0.3) is 0 Å². The van der Waals surface area contributed by atoms with E-state index in [4.69, 9.17) is 5.26 Å². The second-order valence-electron chi connectivity index (χ2n) is 3.72. The number of aryl methyl sites for hydroxylation is 1. The first kappa shape index (κ1) is 13.4. The van der Waals surface area contributed by atoms with Gasteiger partial charge in [-0.1, -0.05) is 6.07 Å². The molecular formula is C12H13F3N2. The monoisotopic (exact) mass is 242 g/mol. The van der Waals surface area contributed by atoms with Crippen LogP contribution >= 0.6 is 0 Å². The molecule has 92 valence electrons. The van der Waals surface area contributed by atoms with Gasteiger partial charge in [-0.15, -0.1) is 0 Å². The van der Waals surface area contributed by atoms with Crippen LogP contribution in [0.1, 0.15) is 24.0 Å². The molecule has 0 spiro atoms. The summed E-state index contributed by atoms with van der Waals surface area (Å²) in [5.74, 6) is 0. The molecule has 0 heterocycles. The quantitative estimate of drug-likeness (QED) is 0.816. The molecule has 2 nitrogen and oxygen atoms in total. The highest BCUT2D eigenvalue weighted by molar-refractivity contribution is 5.49. The first-order valence-corrected chi connectivity index (χ1v) is 5.24. The molecule has 0 amide bonds. The van der Waals surface area contributed by atoms with Gasteiger partial charge in [0.05, 0.1) is 11.6 Å². The standard InChI is InChI=1S/C12H13F3N2/c1-9-4-5-10(17-7-3-2-6-16)8-11(9)12(13,14)15/h4-5,8,17H,2-3,7H2,1H3. The molecule has 1 rings (SSSR count). The molecule has 0 bridgehead atoms. The Balaban J connectivity index is 2.73. The molecule has 0 fully saturated rings. The van der Waals surface area contributed by atoms with Crippen molar-refractivity contribution in [2.45, 2.75) is 25.9 Å². The molecule has 0 aliphatic carbocycles. The van der Waals surface area contributed by atoms with Crippen molar-refractivity contribution >= 4 is 5.69 Å². The second kappa shape index (κ2) is 5.58. The first-order valence-electron chi connectivity index (χ1n) is 5.24. The molecule has 1 N–H and O–H groups in total. The van der Waals surface area contributed by atoms with Gasteiger partial charge in [-0.05, 0) is 31.0 Å². The highest BCUT2D eigenvalue weighted by atomic mass is 19.4. The van der Waals surface area contributed by atoms with Crippen molar-refractivity contribution in [3.63, 3.8) is 0 Å². The van der Waals surface area contributed by atoms with Gasteiger partial charge < -0.3 is 5.32 Å². The van der Waals surface area contributed by atoms with E-state index in [-0.39, 0.29) is 5.56 Å². The summed E-state index contributed by atoms with van der Waals surface area (Å²) in [4.78, 5) is 0. The van der Waals surface area contributed by atoms with Crippen LogP contribution < -0.4 is 5.32 Å². The fraction of sp³-hybridized carbons (Fsp3) is 0.417. The zero-order valence-corrected chi connectivity index (χ0v) is 9.43. The highest BCUT2D eigenvalue weighted by Gasteiger charge is 2.32. The Morgan fingerprint density at radius 1 is 1.35 bits per heavy atom. The molecule has 0 radical (unpaired) electrons. The van der Waals surface area contributed by atoms with Gasteiger partial charge in [0.2, 0.25) is 0 Å². The Morgan fingerprint density at radius 2 is 2.06 bits per heavy atom. The van der Waals surface area contributed by atoms with E-state index in [0.29, 0.717) is 25.1 Å². The minimum atomic E-state index is -4.32. The van der Waals surface area contributed by atoms with Crippen molar-refractivity contribution in [3.05, 3.63) is 29.3 Å². The number of rotatable bonds is 4. The second-order valence-corrected chi connectivity index (χ2v) is 3.72. The molecule has 0 aromatic heterocycles.